The van der Waals surface area contributed by atoms with E-state index in [1.54, 1.807) is 6.07 Å². The molecule has 110 valence electrons. The van der Waals surface area contributed by atoms with Crippen LogP contribution in [0.1, 0.15) is 26.3 Å². The summed E-state index contributed by atoms with van der Waals surface area (Å²) in [6, 6.07) is 5.55. The molecule has 2 N–H and O–H groups in total. The Balaban J connectivity index is 2.43. The first-order chi connectivity index (χ1) is 9.17. The van der Waals surface area contributed by atoms with Gasteiger partial charge in [-0.3, -0.25) is 4.79 Å². The summed E-state index contributed by atoms with van der Waals surface area (Å²) in [5, 5.41) is 5.89. The third-order valence-electron chi connectivity index (χ3n) is 2.24. The molecule has 0 aliphatic rings. The summed E-state index contributed by atoms with van der Waals surface area (Å²) in [7, 11) is 0. The lowest BCUT2D eigenvalue weighted by molar-refractivity contribution is -0.121. The Morgan fingerprint density at radius 1 is 1.40 bits per heavy atom. The first-order valence-electron chi connectivity index (χ1n) is 6.18. The number of carbonyl (C=O) groups is 1. The first-order valence-corrected chi connectivity index (χ1v) is 7.38. The van der Waals surface area contributed by atoms with Gasteiger partial charge in [-0.25, -0.2) is 0 Å². The predicted octanol–water partition coefficient (Wildman–Crippen LogP) is 2.93. The molecule has 0 atom stereocenters. The number of ether oxygens (including phenoxy) is 1. The normalized spacial score (nSPS) is 10.8. The molecule has 0 saturated heterocycles. The largest absolute Gasteiger partial charge is 0.484 e. The number of nitrogens with one attached hydrogen (secondary N) is 2. The van der Waals surface area contributed by atoms with Crippen molar-refractivity contribution in [2.24, 2.45) is 0 Å². The molecule has 0 aliphatic heterocycles. The summed E-state index contributed by atoms with van der Waals surface area (Å²) in [6.45, 7) is 7.78. The molecule has 0 radical (unpaired) electrons. The summed E-state index contributed by atoms with van der Waals surface area (Å²) >= 11 is 8.45. The van der Waals surface area contributed by atoms with Gasteiger partial charge in [0.25, 0.3) is 5.91 Å². The number of rotatable bonds is 3. The van der Waals surface area contributed by atoms with E-state index in [0.717, 1.165) is 10.0 Å². The van der Waals surface area contributed by atoms with Crippen LogP contribution in [0.25, 0.3) is 0 Å². The van der Waals surface area contributed by atoms with Gasteiger partial charge in [0.15, 0.2) is 11.7 Å². The highest BCUT2D eigenvalue weighted by atomic mass is 79.9. The molecule has 1 amide bonds. The number of thiocarbonyl (C=S) groups is 1. The number of carbonyl (C=O) groups excluding carboxylic acids is 1. The van der Waals surface area contributed by atoms with E-state index in [2.05, 4.69) is 26.6 Å². The monoisotopic (exact) mass is 358 g/mol. The van der Waals surface area contributed by atoms with Crippen LogP contribution < -0.4 is 15.4 Å². The number of benzene rings is 1. The third kappa shape index (κ3) is 6.34. The molecule has 1 rings (SSSR count). The fourth-order valence-corrected chi connectivity index (χ4v) is 2.06. The summed E-state index contributed by atoms with van der Waals surface area (Å²) < 4.78 is 6.42. The molecule has 0 saturated carbocycles. The van der Waals surface area contributed by atoms with E-state index < -0.39 is 0 Å². The van der Waals surface area contributed by atoms with Crippen molar-refractivity contribution in [3.8, 4) is 5.75 Å². The van der Waals surface area contributed by atoms with Crippen molar-refractivity contribution in [1.82, 2.24) is 10.6 Å². The topological polar surface area (TPSA) is 50.4 Å². The van der Waals surface area contributed by atoms with Crippen molar-refractivity contribution in [1.29, 1.82) is 0 Å². The van der Waals surface area contributed by atoms with E-state index in [-0.39, 0.29) is 18.1 Å². The highest BCUT2D eigenvalue weighted by Gasteiger charge is 2.13. The fourth-order valence-electron chi connectivity index (χ4n) is 1.39. The van der Waals surface area contributed by atoms with Gasteiger partial charge in [-0.2, -0.15) is 0 Å². The maximum absolute atomic E-state index is 11.7. The van der Waals surface area contributed by atoms with E-state index in [9.17, 15) is 4.79 Å². The fraction of sp³-hybridized carbons (Fsp3) is 0.429. The molecular formula is C14H19BrN2O2S. The Morgan fingerprint density at radius 2 is 2.05 bits per heavy atom. The van der Waals surface area contributed by atoms with E-state index in [4.69, 9.17) is 17.0 Å². The van der Waals surface area contributed by atoms with Gasteiger partial charge in [0.1, 0.15) is 5.75 Å². The van der Waals surface area contributed by atoms with Gasteiger partial charge in [-0.05, 0) is 63.7 Å². The van der Waals surface area contributed by atoms with Crippen LogP contribution in [0, 0.1) is 6.92 Å². The molecule has 0 aromatic heterocycles. The quantitative estimate of drug-likeness (QED) is 0.815. The van der Waals surface area contributed by atoms with Crippen molar-refractivity contribution < 1.29 is 9.53 Å². The van der Waals surface area contributed by atoms with Gasteiger partial charge < -0.3 is 15.4 Å². The van der Waals surface area contributed by atoms with Crippen LogP contribution >= 0.6 is 28.1 Å². The molecule has 20 heavy (non-hydrogen) atoms. The predicted molar refractivity (Wildman–Crippen MR) is 88.0 cm³/mol. The summed E-state index contributed by atoms with van der Waals surface area (Å²) in [4.78, 5) is 11.7. The molecule has 1 aromatic carbocycles. The molecular weight excluding hydrogens is 340 g/mol. The Bertz CT molecular complexity index is 512. The smallest absolute Gasteiger partial charge is 0.264 e. The van der Waals surface area contributed by atoms with Gasteiger partial charge in [0.2, 0.25) is 0 Å². The maximum atomic E-state index is 11.7. The van der Waals surface area contributed by atoms with Crippen molar-refractivity contribution in [2.45, 2.75) is 33.2 Å². The SMILES string of the molecule is Cc1cc(OCC(=O)NC(=S)NC(C)(C)C)ccc1Br. The van der Waals surface area contributed by atoms with Crippen molar-refractivity contribution in [3.05, 3.63) is 28.2 Å². The van der Waals surface area contributed by atoms with E-state index in [0.29, 0.717) is 10.9 Å². The molecule has 4 nitrogen and oxygen atoms in total. The second-order valence-corrected chi connectivity index (χ2v) is 6.71. The molecule has 0 bridgehead atoms. The van der Waals surface area contributed by atoms with E-state index >= 15 is 0 Å². The first kappa shape index (κ1) is 16.9. The molecule has 0 fully saturated rings. The second kappa shape index (κ2) is 7.04. The highest BCUT2D eigenvalue weighted by Crippen LogP contribution is 2.21. The lowest BCUT2D eigenvalue weighted by Crippen LogP contribution is -2.49. The van der Waals surface area contributed by atoms with Crippen LogP contribution in [0.15, 0.2) is 22.7 Å². The van der Waals surface area contributed by atoms with Crippen LogP contribution in [0.3, 0.4) is 0 Å². The summed E-state index contributed by atoms with van der Waals surface area (Å²) in [5.74, 6) is 0.364. The zero-order chi connectivity index (χ0) is 15.3. The lowest BCUT2D eigenvalue weighted by atomic mass is 10.1. The Kier molecular flexibility index (Phi) is 5.95. The number of amides is 1. The van der Waals surface area contributed by atoms with Crippen molar-refractivity contribution in [3.63, 3.8) is 0 Å². The zero-order valence-electron chi connectivity index (χ0n) is 12.0. The highest BCUT2D eigenvalue weighted by molar-refractivity contribution is 9.10. The maximum Gasteiger partial charge on any atom is 0.264 e. The molecule has 0 heterocycles. The number of halogens is 1. The zero-order valence-corrected chi connectivity index (χ0v) is 14.4. The minimum Gasteiger partial charge on any atom is -0.484 e. The second-order valence-electron chi connectivity index (χ2n) is 5.45. The van der Waals surface area contributed by atoms with E-state index in [1.807, 2.05) is 39.8 Å². The minimum atomic E-state index is -0.285. The van der Waals surface area contributed by atoms with Gasteiger partial charge in [0.05, 0.1) is 0 Å². The lowest BCUT2D eigenvalue weighted by Gasteiger charge is -2.22. The number of hydrogen-bond acceptors (Lipinski definition) is 3. The van der Waals surface area contributed by atoms with E-state index in [1.165, 1.54) is 0 Å². The molecule has 0 spiro atoms. The van der Waals surface area contributed by atoms with Crippen LogP contribution in [-0.4, -0.2) is 23.2 Å². The van der Waals surface area contributed by atoms with Gasteiger partial charge in [-0.15, -0.1) is 0 Å². The Hall–Kier alpha value is -1.14. The average molecular weight is 359 g/mol. The number of aryl methyl sites for hydroxylation is 1. The Morgan fingerprint density at radius 3 is 2.60 bits per heavy atom. The van der Waals surface area contributed by atoms with Gasteiger partial charge in [0, 0.05) is 10.0 Å². The summed E-state index contributed by atoms with van der Waals surface area (Å²) in [5.41, 5.74) is 0.862. The summed E-state index contributed by atoms with van der Waals surface area (Å²) in [6.07, 6.45) is 0. The van der Waals surface area contributed by atoms with Crippen LogP contribution in [0.2, 0.25) is 0 Å². The average Bonchev–Trinajstić information content (AvgIpc) is 2.28. The Labute approximate surface area is 133 Å². The molecule has 0 aliphatic carbocycles. The molecule has 1 aromatic rings. The minimum absolute atomic E-state index is 0.0764. The van der Waals surface area contributed by atoms with Crippen LogP contribution in [-0.2, 0) is 4.79 Å². The van der Waals surface area contributed by atoms with Crippen LogP contribution in [0.4, 0.5) is 0 Å². The van der Waals surface area contributed by atoms with Crippen LogP contribution in [0.5, 0.6) is 5.75 Å². The van der Waals surface area contributed by atoms with Crippen molar-refractivity contribution in [2.75, 3.05) is 6.61 Å². The van der Waals surface area contributed by atoms with Gasteiger partial charge in [-0.1, -0.05) is 15.9 Å². The third-order valence-corrected chi connectivity index (χ3v) is 3.33. The number of hydrogen-bond donors (Lipinski definition) is 2. The molecule has 0 unspecified atom stereocenters. The molecule has 6 heteroatoms. The standard InChI is InChI=1S/C14H19BrN2O2S/c1-9-7-10(5-6-11(9)15)19-8-12(18)16-13(20)17-14(2,3)4/h5-7H,8H2,1-4H3,(H2,16,17,18,20). The van der Waals surface area contributed by atoms with Gasteiger partial charge >= 0.3 is 0 Å². The van der Waals surface area contributed by atoms with Crippen molar-refractivity contribution >= 4 is 39.2 Å².